The second kappa shape index (κ2) is 5.68. The molecule has 5 heteroatoms. The highest BCUT2D eigenvalue weighted by Gasteiger charge is 2.21. The lowest BCUT2D eigenvalue weighted by molar-refractivity contribution is 0.185. The molecule has 1 heterocycles. The smallest absolute Gasteiger partial charge is 0.288 e. The van der Waals surface area contributed by atoms with E-state index in [0.29, 0.717) is 16.7 Å². The van der Waals surface area contributed by atoms with Crippen molar-refractivity contribution in [1.82, 2.24) is 0 Å². The number of rotatable bonds is 2. The van der Waals surface area contributed by atoms with Crippen LogP contribution in [0.4, 0.5) is 5.69 Å². The summed E-state index contributed by atoms with van der Waals surface area (Å²) in [6, 6.07) is 11.7. The molecule has 0 bridgehead atoms. The van der Waals surface area contributed by atoms with E-state index in [1.165, 1.54) is 0 Å². The van der Waals surface area contributed by atoms with Crippen LogP contribution in [0.15, 0.2) is 36.4 Å². The summed E-state index contributed by atoms with van der Waals surface area (Å²) in [6.45, 7) is 2.75. The fourth-order valence-corrected chi connectivity index (χ4v) is 2.94. The van der Waals surface area contributed by atoms with Crippen molar-refractivity contribution in [3.63, 3.8) is 0 Å². The Morgan fingerprint density at radius 1 is 1.15 bits per heavy atom. The summed E-state index contributed by atoms with van der Waals surface area (Å²) in [4.78, 5) is 7.41. The first-order chi connectivity index (χ1) is 9.66. The number of hydrogen-bond donors (Lipinski definition) is 0. The molecular formula is C15H13BCl2NO. The van der Waals surface area contributed by atoms with E-state index in [1.807, 2.05) is 38.6 Å². The van der Waals surface area contributed by atoms with Crippen molar-refractivity contribution in [3.8, 4) is 11.1 Å². The van der Waals surface area contributed by atoms with Gasteiger partial charge in [-0.2, -0.15) is 0 Å². The van der Waals surface area contributed by atoms with Crippen LogP contribution in [0.3, 0.4) is 0 Å². The molecule has 0 saturated carbocycles. The predicted molar refractivity (Wildman–Crippen MR) is 85.6 cm³/mol. The van der Waals surface area contributed by atoms with Crippen LogP contribution in [-0.4, -0.2) is 14.0 Å². The summed E-state index contributed by atoms with van der Waals surface area (Å²) >= 11 is 12.7. The van der Waals surface area contributed by atoms with Gasteiger partial charge >= 0.3 is 0 Å². The van der Waals surface area contributed by atoms with Gasteiger partial charge in [-0.3, -0.25) is 4.84 Å². The SMILES string of the molecule is Cc1ccc(N2[B]CCO2)c(-c2c(Cl)cccc2Cl)c1. The quantitative estimate of drug-likeness (QED) is 0.742. The van der Waals surface area contributed by atoms with Gasteiger partial charge in [0.15, 0.2) is 0 Å². The molecule has 3 rings (SSSR count). The molecule has 1 fully saturated rings. The third-order valence-corrected chi connectivity index (χ3v) is 3.89. The van der Waals surface area contributed by atoms with E-state index in [9.17, 15) is 0 Å². The van der Waals surface area contributed by atoms with E-state index in [1.54, 1.807) is 4.97 Å². The normalized spacial score (nSPS) is 14.4. The lowest BCUT2D eigenvalue weighted by Gasteiger charge is -2.22. The minimum atomic E-state index is 0.642. The highest BCUT2D eigenvalue weighted by Crippen LogP contribution is 2.40. The van der Waals surface area contributed by atoms with E-state index < -0.39 is 0 Å². The van der Waals surface area contributed by atoms with Crippen LogP contribution in [0.25, 0.3) is 11.1 Å². The molecule has 2 aromatic carbocycles. The zero-order valence-corrected chi connectivity index (χ0v) is 12.6. The third kappa shape index (κ3) is 2.53. The number of nitrogens with zero attached hydrogens (tertiary/aromatic N) is 1. The molecule has 0 amide bonds. The summed E-state index contributed by atoms with van der Waals surface area (Å²) in [7, 11) is 2.03. The van der Waals surface area contributed by atoms with Gasteiger partial charge in [0.05, 0.1) is 12.3 Å². The molecule has 0 spiro atoms. The monoisotopic (exact) mass is 304 g/mol. The zero-order valence-electron chi connectivity index (χ0n) is 11.1. The van der Waals surface area contributed by atoms with Crippen LogP contribution in [-0.2, 0) is 4.84 Å². The molecule has 1 aliphatic heterocycles. The molecule has 101 valence electrons. The maximum absolute atomic E-state index is 6.34. The molecule has 0 aliphatic carbocycles. The van der Waals surface area contributed by atoms with Crippen molar-refractivity contribution >= 4 is 36.3 Å². The summed E-state index contributed by atoms with van der Waals surface area (Å²) in [5, 5.41) is 1.28. The minimum absolute atomic E-state index is 0.642. The van der Waals surface area contributed by atoms with Gasteiger partial charge in [0.25, 0.3) is 7.41 Å². The molecule has 1 saturated heterocycles. The Labute approximate surface area is 129 Å². The van der Waals surface area contributed by atoms with Gasteiger partial charge in [0.1, 0.15) is 0 Å². The first-order valence-electron chi connectivity index (χ1n) is 6.47. The van der Waals surface area contributed by atoms with Gasteiger partial charge < -0.3 is 4.97 Å². The topological polar surface area (TPSA) is 12.5 Å². The third-order valence-electron chi connectivity index (χ3n) is 3.26. The maximum Gasteiger partial charge on any atom is 0.288 e. The van der Waals surface area contributed by atoms with Gasteiger partial charge in [-0.05, 0) is 37.5 Å². The number of halogens is 2. The van der Waals surface area contributed by atoms with E-state index in [0.717, 1.165) is 28.7 Å². The standard InChI is InChI=1S/C15H13BCl2NO/c1-10-5-6-14(19-16-7-8-20-19)11(9-10)15-12(17)3-2-4-13(15)18/h2-6,9H,7-8H2,1H3. The summed E-state index contributed by atoms with van der Waals surface area (Å²) in [6.07, 6.45) is 0.906. The lowest BCUT2D eigenvalue weighted by Crippen LogP contribution is -2.20. The summed E-state index contributed by atoms with van der Waals surface area (Å²) in [5.41, 5.74) is 3.94. The molecule has 20 heavy (non-hydrogen) atoms. The number of benzene rings is 2. The first kappa shape index (κ1) is 13.8. The summed E-state index contributed by atoms with van der Waals surface area (Å²) < 4.78 is 0. The van der Waals surface area contributed by atoms with Crippen molar-refractivity contribution < 1.29 is 4.84 Å². The number of aryl methyl sites for hydroxylation is 1. The van der Waals surface area contributed by atoms with Crippen molar-refractivity contribution in [2.24, 2.45) is 0 Å². The van der Waals surface area contributed by atoms with E-state index in [4.69, 9.17) is 28.0 Å². The van der Waals surface area contributed by atoms with Crippen LogP contribution in [0.1, 0.15) is 5.56 Å². The van der Waals surface area contributed by atoms with Gasteiger partial charge in [-0.15, -0.1) is 0 Å². The molecule has 2 aromatic rings. The van der Waals surface area contributed by atoms with Crippen molar-refractivity contribution in [2.45, 2.75) is 13.2 Å². The fraction of sp³-hybridized carbons (Fsp3) is 0.200. The predicted octanol–water partition coefficient (Wildman–Crippen LogP) is 4.76. The lowest BCUT2D eigenvalue weighted by atomic mass is 9.88. The minimum Gasteiger partial charge on any atom is -0.306 e. The number of anilines is 1. The molecule has 2 nitrogen and oxygen atoms in total. The number of hydrogen-bond acceptors (Lipinski definition) is 2. The Kier molecular flexibility index (Phi) is 3.93. The molecule has 1 aliphatic rings. The Hall–Kier alpha value is -1.16. The van der Waals surface area contributed by atoms with Gasteiger partial charge in [-0.1, -0.05) is 40.9 Å². The van der Waals surface area contributed by atoms with E-state index in [2.05, 4.69) is 12.1 Å². The van der Waals surface area contributed by atoms with Gasteiger partial charge in [0.2, 0.25) is 0 Å². The highest BCUT2D eigenvalue weighted by molar-refractivity contribution is 6.43. The molecule has 0 aromatic heterocycles. The molecule has 0 atom stereocenters. The first-order valence-corrected chi connectivity index (χ1v) is 7.23. The van der Waals surface area contributed by atoms with Gasteiger partial charge in [0, 0.05) is 21.2 Å². The second-order valence-electron chi connectivity index (χ2n) is 4.75. The summed E-state index contributed by atoms with van der Waals surface area (Å²) in [5.74, 6) is 0. The molecule has 0 N–H and O–H groups in total. The Morgan fingerprint density at radius 2 is 1.90 bits per heavy atom. The van der Waals surface area contributed by atoms with Crippen molar-refractivity contribution in [3.05, 3.63) is 52.0 Å². The van der Waals surface area contributed by atoms with Crippen LogP contribution < -0.4 is 4.97 Å². The second-order valence-corrected chi connectivity index (χ2v) is 5.56. The van der Waals surface area contributed by atoms with Gasteiger partial charge in [-0.25, -0.2) is 0 Å². The fourth-order valence-electron chi connectivity index (χ4n) is 2.34. The Morgan fingerprint density at radius 3 is 2.55 bits per heavy atom. The Balaban J connectivity index is 2.19. The van der Waals surface area contributed by atoms with Crippen molar-refractivity contribution in [1.29, 1.82) is 0 Å². The Bertz CT molecular complexity index is 622. The van der Waals surface area contributed by atoms with E-state index in [-0.39, 0.29) is 0 Å². The van der Waals surface area contributed by atoms with Crippen molar-refractivity contribution in [2.75, 3.05) is 11.6 Å². The molecule has 1 radical (unpaired) electrons. The average molecular weight is 305 g/mol. The maximum atomic E-state index is 6.34. The van der Waals surface area contributed by atoms with Crippen LogP contribution in [0.2, 0.25) is 16.4 Å². The van der Waals surface area contributed by atoms with Crippen LogP contribution in [0, 0.1) is 6.92 Å². The van der Waals surface area contributed by atoms with Crippen LogP contribution in [0.5, 0.6) is 0 Å². The molecular weight excluding hydrogens is 292 g/mol. The molecule has 0 unspecified atom stereocenters. The zero-order chi connectivity index (χ0) is 14.1. The largest absolute Gasteiger partial charge is 0.306 e. The van der Waals surface area contributed by atoms with Crippen LogP contribution >= 0.6 is 23.2 Å². The average Bonchev–Trinajstić information content (AvgIpc) is 2.92. The highest BCUT2D eigenvalue weighted by atomic mass is 35.5. The van der Waals surface area contributed by atoms with E-state index >= 15 is 0 Å².